The molecular formula is C22H26BrN3O3S. The predicted molar refractivity (Wildman–Crippen MR) is 127 cm³/mol. The fourth-order valence-electron chi connectivity index (χ4n) is 2.58. The molecule has 2 amide bonds. The lowest BCUT2D eigenvalue weighted by molar-refractivity contribution is -0.128. The summed E-state index contributed by atoms with van der Waals surface area (Å²) in [6.07, 6.45) is 1.97. The van der Waals surface area contributed by atoms with Gasteiger partial charge >= 0.3 is 0 Å². The van der Waals surface area contributed by atoms with Gasteiger partial charge in [0, 0.05) is 30.7 Å². The summed E-state index contributed by atoms with van der Waals surface area (Å²) in [6, 6.07) is 12.9. The van der Waals surface area contributed by atoms with Gasteiger partial charge in [-0.3, -0.25) is 14.9 Å². The van der Waals surface area contributed by atoms with Crippen LogP contribution in [0.2, 0.25) is 0 Å². The molecule has 0 aliphatic heterocycles. The molecule has 0 heterocycles. The number of nitrogens with zero attached hydrogens (tertiary/aromatic N) is 1. The number of rotatable bonds is 8. The first kappa shape index (κ1) is 23.8. The van der Waals surface area contributed by atoms with Gasteiger partial charge < -0.3 is 15.0 Å². The molecule has 2 rings (SSSR count). The maximum absolute atomic E-state index is 12.7. The molecule has 8 heteroatoms. The lowest BCUT2D eigenvalue weighted by Crippen LogP contribution is -2.34. The van der Waals surface area contributed by atoms with Crippen molar-refractivity contribution in [3.63, 3.8) is 0 Å². The summed E-state index contributed by atoms with van der Waals surface area (Å²) in [6.45, 7) is 2.53. The van der Waals surface area contributed by atoms with E-state index < -0.39 is 0 Å². The van der Waals surface area contributed by atoms with Crippen LogP contribution < -0.4 is 15.4 Å². The van der Waals surface area contributed by atoms with Gasteiger partial charge in [0.2, 0.25) is 5.91 Å². The fraction of sp³-hybridized carbons (Fsp3) is 0.318. The highest BCUT2D eigenvalue weighted by atomic mass is 79.9. The number of nitrogens with one attached hydrogen (secondary N) is 2. The summed E-state index contributed by atoms with van der Waals surface area (Å²) in [5, 5.41) is 5.88. The van der Waals surface area contributed by atoms with Gasteiger partial charge in [0.25, 0.3) is 5.91 Å². The number of ether oxygens (including phenoxy) is 1. The summed E-state index contributed by atoms with van der Waals surface area (Å²) < 4.78 is 6.43. The van der Waals surface area contributed by atoms with Crippen LogP contribution in [0.5, 0.6) is 5.75 Å². The smallest absolute Gasteiger partial charge is 0.261 e. The molecule has 0 spiro atoms. The van der Waals surface area contributed by atoms with Crippen LogP contribution in [0, 0.1) is 0 Å². The molecule has 0 saturated heterocycles. The van der Waals surface area contributed by atoms with E-state index >= 15 is 0 Å². The summed E-state index contributed by atoms with van der Waals surface area (Å²) in [5.74, 6) is 0.256. The van der Waals surface area contributed by atoms with Gasteiger partial charge in [0.05, 0.1) is 12.2 Å². The minimum absolute atomic E-state index is 0.0934. The average molecular weight is 492 g/mol. The van der Waals surface area contributed by atoms with E-state index in [1.54, 1.807) is 31.1 Å². The van der Waals surface area contributed by atoms with Crippen LogP contribution in [-0.2, 0) is 11.2 Å². The zero-order valence-corrected chi connectivity index (χ0v) is 19.7. The highest BCUT2D eigenvalue weighted by molar-refractivity contribution is 9.10. The second-order valence-corrected chi connectivity index (χ2v) is 8.21. The molecule has 0 radical (unpaired) electrons. The lowest BCUT2D eigenvalue weighted by Gasteiger charge is -2.13. The van der Waals surface area contributed by atoms with Crippen LogP contribution in [0.1, 0.15) is 35.7 Å². The first-order valence-corrected chi connectivity index (χ1v) is 10.8. The summed E-state index contributed by atoms with van der Waals surface area (Å²) in [5.41, 5.74) is 2.21. The largest absolute Gasteiger partial charge is 0.493 e. The molecule has 0 aromatic heterocycles. The molecule has 0 aliphatic carbocycles. The van der Waals surface area contributed by atoms with E-state index in [0.29, 0.717) is 30.8 Å². The van der Waals surface area contributed by atoms with Gasteiger partial charge in [0.1, 0.15) is 5.75 Å². The fourth-order valence-corrected chi connectivity index (χ4v) is 3.15. The Kier molecular flexibility index (Phi) is 9.26. The zero-order valence-electron chi connectivity index (χ0n) is 17.3. The molecule has 2 aromatic rings. The molecular weight excluding hydrogens is 466 g/mol. The molecule has 0 fully saturated rings. The maximum Gasteiger partial charge on any atom is 0.261 e. The van der Waals surface area contributed by atoms with Crippen molar-refractivity contribution in [1.82, 2.24) is 10.2 Å². The molecule has 30 heavy (non-hydrogen) atoms. The van der Waals surface area contributed by atoms with Crippen LogP contribution in [0.25, 0.3) is 0 Å². The Morgan fingerprint density at radius 2 is 1.83 bits per heavy atom. The standard InChI is InChI=1S/C22H26BrN3O3S/c1-4-13-29-19-11-8-16(23)14-18(19)21(28)25-22(30)24-17-9-5-15(6-10-17)7-12-20(27)26(2)3/h5-6,8-11,14H,4,7,12-13H2,1-3H3,(H2,24,25,28,30). The molecule has 0 unspecified atom stereocenters. The van der Waals surface area contributed by atoms with E-state index in [1.165, 1.54) is 0 Å². The number of carbonyl (C=O) groups excluding carboxylic acids is 2. The third kappa shape index (κ3) is 7.42. The predicted octanol–water partition coefficient (Wildman–Crippen LogP) is 4.39. The summed E-state index contributed by atoms with van der Waals surface area (Å²) in [4.78, 5) is 25.9. The SMILES string of the molecule is CCCOc1ccc(Br)cc1C(=O)NC(=S)Nc1ccc(CCC(=O)N(C)C)cc1. The quantitative estimate of drug-likeness (QED) is 0.536. The molecule has 2 N–H and O–H groups in total. The van der Waals surface area contributed by atoms with Crippen LogP contribution in [0.15, 0.2) is 46.9 Å². The maximum atomic E-state index is 12.7. The van der Waals surface area contributed by atoms with E-state index in [4.69, 9.17) is 17.0 Å². The molecule has 160 valence electrons. The van der Waals surface area contributed by atoms with Crippen LogP contribution in [-0.4, -0.2) is 42.5 Å². The van der Waals surface area contributed by atoms with Crippen molar-refractivity contribution in [2.75, 3.05) is 26.0 Å². The van der Waals surface area contributed by atoms with Crippen molar-refractivity contribution in [1.29, 1.82) is 0 Å². The van der Waals surface area contributed by atoms with E-state index in [0.717, 1.165) is 22.1 Å². The van der Waals surface area contributed by atoms with Crippen LogP contribution >= 0.6 is 28.1 Å². The van der Waals surface area contributed by atoms with Gasteiger partial charge in [-0.2, -0.15) is 0 Å². The van der Waals surface area contributed by atoms with Gasteiger partial charge in [-0.1, -0.05) is 35.0 Å². The number of anilines is 1. The molecule has 0 aliphatic rings. The molecule has 2 aromatic carbocycles. The Labute approximate surface area is 191 Å². The second-order valence-electron chi connectivity index (χ2n) is 6.88. The number of benzene rings is 2. The van der Waals surface area contributed by atoms with Gasteiger partial charge in [-0.05, 0) is 61.0 Å². The Morgan fingerprint density at radius 3 is 2.47 bits per heavy atom. The Balaban J connectivity index is 1.95. The van der Waals surface area contributed by atoms with E-state index in [9.17, 15) is 9.59 Å². The van der Waals surface area contributed by atoms with Crippen molar-refractivity contribution in [3.8, 4) is 5.75 Å². The van der Waals surface area contributed by atoms with Crippen molar-refractivity contribution in [3.05, 3.63) is 58.1 Å². The Morgan fingerprint density at radius 1 is 1.13 bits per heavy atom. The highest BCUT2D eigenvalue weighted by Crippen LogP contribution is 2.23. The number of thiocarbonyl (C=S) groups is 1. The van der Waals surface area contributed by atoms with Gasteiger partial charge in [-0.25, -0.2) is 0 Å². The average Bonchev–Trinajstić information content (AvgIpc) is 2.71. The topological polar surface area (TPSA) is 70.7 Å². The molecule has 0 bridgehead atoms. The van der Waals surface area contributed by atoms with Crippen LogP contribution in [0.4, 0.5) is 5.69 Å². The Bertz CT molecular complexity index is 901. The highest BCUT2D eigenvalue weighted by Gasteiger charge is 2.15. The molecule has 0 saturated carbocycles. The lowest BCUT2D eigenvalue weighted by atomic mass is 10.1. The van der Waals surface area contributed by atoms with E-state index in [1.807, 2.05) is 37.3 Å². The second kappa shape index (κ2) is 11.7. The summed E-state index contributed by atoms with van der Waals surface area (Å²) in [7, 11) is 3.50. The minimum atomic E-state index is -0.348. The number of carbonyl (C=O) groups is 2. The third-order valence-electron chi connectivity index (χ3n) is 4.21. The first-order valence-electron chi connectivity index (χ1n) is 9.64. The number of hydrogen-bond donors (Lipinski definition) is 2. The number of amides is 2. The van der Waals surface area contributed by atoms with Crippen molar-refractivity contribution in [2.45, 2.75) is 26.2 Å². The third-order valence-corrected chi connectivity index (χ3v) is 4.91. The van der Waals surface area contributed by atoms with Crippen LogP contribution in [0.3, 0.4) is 0 Å². The normalized spacial score (nSPS) is 10.3. The number of hydrogen-bond acceptors (Lipinski definition) is 4. The summed E-state index contributed by atoms with van der Waals surface area (Å²) >= 11 is 8.66. The van der Waals surface area contributed by atoms with Gasteiger partial charge in [-0.15, -0.1) is 0 Å². The van der Waals surface area contributed by atoms with E-state index in [-0.39, 0.29) is 16.9 Å². The number of aryl methyl sites for hydroxylation is 1. The Hall–Kier alpha value is -2.45. The minimum Gasteiger partial charge on any atom is -0.493 e. The van der Waals surface area contributed by atoms with E-state index in [2.05, 4.69) is 26.6 Å². The van der Waals surface area contributed by atoms with Crippen molar-refractivity contribution >= 4 is 50.8 Å². The molecule has 6 nitrogen and oxygen atoms in total. The molecule has 0 atom stereocenters. The monoisotopic (exact) mass is 491 g/mol. The van der Waals surface area contributed by atoms with Crippen molar-refractivity contribution in [2.24, 2.45) is 0 Å². The first-order chi connectivity index (χ1) is 14.3. The number of halogens is 1. The zero-order chi connectivity index (χ0) is 22.1. The van der Waals surface area contributed by atoms with Crippen molar-refractivity contribution < 1.29 is 14.3 Å². The van der Waals surface area contributed by atoms with Gasteiger partial charge in [0.15, 0.2) is 5.11 Å².